The lowest BCUT2D eigenvalue weighted by Gasteiger charge is -1.87. The number of rotatable bonds is 2. The van der Waals surface area contributed by atoms with Crippen molar-refractivity contribution in [3.05, 3.63) is 67.5 Å². The Bertz CT molecular complexity index is 1410. The lowest BCUT2D eigenvalue weighted by atomic mass is 10.3. The lowest BCUT2D eigenvalue weighted by Crippen LogP contribution is -2.64. The molecule has 6 aromatic rings. The van der Waals surface area contributed by atoms with Gasteiger partial charge in [-0.15, -0.1) is 9.20 Å². The van der Waals surface area contributed by atoms with Crippen LogP contribution in [-0.4, -0.2) is 25.3 Å². The summed E-state index contributed by atoms with van der Waals surface area (Å²) in [7, 11) is 0. The number of H-pyrrole nitrogens is 2. The molecule has 9 nitrogen and oxygen atoms in total. The summed E-state index contributed by atoms with van der Waals surface area (Å²) in [6.07, 6.45) is 11.2. The van der Waals surface area contributed by atoms with E-state index >= 15 is 0 Å². The molecule has 0 amide bonds. The van der Waals surface area contributed by atoms with E-state index in [2.05, 4.69) is 25.3 Å². The van der Waals surface area contributed by atoms with Gasteiger partial charge in [0.1, 0.15) is 11.6 Å². The number of hydrogen-bond acceptors (Lipinski definition) is 4. The Kier molecular flexibility index (Phi) is 2.70. The van der Waals surface area contributed by atoms with E-state index in [9.17, 15) is 0 Å². The van der Waals surface area contributed by atoms with Crippen LogP contribution in [-0.2, 0) is 0 Å². The largest absolute Gasteiger partial charge is 0.421 e. The second kappa shape index (κ2) is 5.18. The fourth-order valence-corrected chi connectivity index (χ4v) is 3.12. The highest BCUT2D eigenvalue weighted by atomic mass is 16.5. The number of pyridine rings is 3. The molecule has 0 spiro atoms. The number of fused-ring (bicyclic) bond motifs is 3. The molecule has 0 bridgehead atoms. The minimum atomic E-state index is 0.534. The zero-order valence-electron chi connectivity index (χ0n) is 13.9. The van der Waals surface area contributed by atoms with Gasteiger partial charge in [0.05, 0.1) is 27.2 Å². The van der Waals surface area contributed by atoms with Crippen molar-refractivity contribution in [2.45, 2.75) is 0 Å². The van der Waals surface area contributed by atoms with Crippen molar-refractivity contribution in [3.63, 3.8) is 0 Å². The molecule has 9 heteroatoms. The van der Waals surface area contributed by atoms with Crippen molar-refractivity contribution < 1.29 is 18.7 Å². The van der Waals surface area contributed by atoms with Crippen LogP contribution >= 0.6 is 0 Å². The average molecular weight is 357 g/mol. The summed E-state index contributed by atoms with van der Waals surface area (Å²) in [5, 5.41) is 13.1. The smallest absolute Gasteiger partial charge is 0.277 e. The standard InChI is InChI=1S/C18H12N8O/c1-2-12-10-25(23-17(12)19-6-1)16-4-3-13-11-26(27-18(13)21-16)24-7-5-15-14(9-24)8-20-22-15/h1-11H,(H,20,22)/q+2/p+1. The van der Waals surface area contributed by atoms with Crippen molar-refractivity contribution in [2.75, 3.05) is 0 Å². The molecule has 0 saturated heterocycles. The molecule has 0 unspecified atom stereocenters. The fourth-order valence-electron chi connectivity index (χ4n) is 3.12. The molecule has 0 fully saturated rings. The highest BCUT2D eigenvalue weighted by Crippen LogP contribution is 2.12. The van der Waals surface area contributed by atoms with Gasteiger partial charge in [0.15, 0.2) is 5.65 Å². The third-order valence-electron chi connectivity index (χ3n) is 4.48. The molecule has 2 N–H and O–H groups in total. The first-order valence-corrected chi connectivity index (χ1v) is 8.37. The topological polar surface area (TPSA) is 95.0 Å². The molecule has 27 heavy (non-hydrogen) atoms. The number of hydrogen-bond donors (Lipinski definition) is 2. The minimum absolute atomic E-state index is 0.534. The van der Waals surface area contributed by atoms with Gasteiger partial charge in [-0.05, 0) is 18.2 Å². The molecule has 6 rings (SSSR count). The van der Waals surface area contributed by atoms with E-state index in [-0.39, 0.29) is 0 Å². The van der Waals surface area contributed by atoms with Gasteiger partial charge in [-0.2, -0.15) is 5.10 Å². The number of nitrogens with one attached hydrogen (secondary N) is 2. The van der Waals surface area contributed by atoms with Crippen molar-refractivity contribution in [1.82, 2.24) is 25.3 Å². The van der Waals surface area contributed by atoms with Crippen molar-refractivity contribution >= 4 is 33.0 Å². The molecule has 0 aliphatic heterocycles. The first-order chi connectivity index (χ1) is 13.3. The Hall–Kier alpha value is -4.14. The Morgan fingerprint density at radius 1 is 0.963 bits per heavy atom. The minimum Gasteiger partial charge on any atom is -0.277 e. The highest BCUT2D eigenvalue weighted by molar-refractivity contribution is 5.75. The molecular formula is C18H13N8O+3. The van der Waals surface area contributed by atoms with Crippen LogP contribution in [0.4, 0.5) is 0 Å². The van der Waals surface area contributed by atoms with E-state index in [4.69, 9.17) is 4.52 Å². The Morgan fingerprint density at radius 2 is 1.96 bits per heavy atom. The van der Waals surface area contributed by atoms with Crippen LogP contribution in [0.2, 0.25) is 0 Å². The van der Waals surface area contributed by atoms with Crippen molar-refractivity contribution in [1.29, 1.82) is 0 Å². The van der Waals surface area contributed by atoms with Gasteiger partial charge in [-0.1, -0.05) is 0 Å². The molecule has 6 aromatic heterocycles. The second-order valence-corrected chi connectivity index (χ2v) is 6.20. The summed E-state index contributed by atoms with van der Waals surface area (Å²) in [6.45, 7) is 0. The highest BCUT2D eigenvalue weighted by Gasteiger charge is 2.26. The predicted octanol–water partition coefficient (Wildman–Crippen LogP) is 0.743. The van der Waals surface area contributed by atoms with Crippen LogP contribution in [0.15, 0.2) is 72.0 Å². The monoisotopic (exact) mass is 357 g/mol. The fraction of sp³-hybridized carbons (Fsp3) is 0. The molecule has 6 heterocycles. The van der Waals surface area contributed by atoms with E-state index in [0.29, 0.717) is 5.71 Å². The maximum atomic E-state index is 5.91. The van der Waals surface area contributed by atoms with Crippen LogP contribution in [0, 0.1) is 0 Å². The first kappa shape index (κ1) is 14.1. The molecule has 0 aliphatic carbocycles. The molecule has 0 saturated carbocycles. The van der Waals surface area contributed by atoms with Crippen molar-refractivity contribution in [3.8, 4) is 5.82 Å². The number of aromatic nitrogens is 8. The normalized spacial score (nSPS) is 11.7. The van der Waals surface area contributed by atoms with Crippen LogP contribution < -0.4 is 14.2 Å². The quantitative estimate of drug-likeness (QED) is 0.447. The van der Waals surface area contributed by atoms with Gasteiger partial charge < -0.3 is 0 Å². The first-order valence-electron chi connectivity index (χ1n) is 8.37. The van der Waals surface area contributed by atoms with Crippen molar-refractivity contribution in [2.24, 2.45) is 0 Å². The molecule has 128 valence electrons. The van der Waals surface area contributed by atoms with Crippen LogP contribution in [0.1, 0.15) is 0 Å². The zero-order chi connectivity index (χ0) is 17.8. The second-order valence-electron chi connectivity index (χ2n) is 6.20. The van der Waals surface area contributed by atoms with E-state index < -0.39 is 0 Å². The summed E-state index contributed by atoms with van der Waals surface area (Å²) in [5.41, 5.74) is 2.30. The van der Waals surface area contributed by atoms with Crippen LogP contribution in [0.3, 0.4) is 0 Å². The maximum absolute atomic E-state index is 5.91. The Morgan fingerprint density at radius 3 is 2.93 bits per heavy atom. The molecule has 0 radical (unpaired) electrons. The average Bonchev–Trinajstić information content (AvgIpc) is 3.42. The van der Waals surface area contributed by atoms with Gasteiger partial charge in [0.2, 0.25) is 6.20 Å². The van der Waals surface area contributed by atoms with Gasteiger partial charge in [-0.25, -0.2) is 10.1 Å². The van der Waals surface area contributed by atoms with Gasteiger partial charge >= 0.3 is 17.7 Å². The maximum Gasteiger partial charge on any atom is 0.421 e. The van der Waals surface area contributed by atoms with E-state index in [1.54, 1.807) is 17.2 Å². The molecule has 0 atom stereocenters. The summed E-state index contributed by atoms with van der Waals surface area (Å²) in [6, 6.07) is 9.74. The summed E-state index contributed by atoms with van der Waals surface area (Å²) in [5.74, 6) is 0.720. The zero-order valence-corrected chi connectivity index (χ0v) is 13.9. The van der Waals surface area contributed by atoms with Gasteiger partial charge in [0, 0.05) is 23.3 Å². The third kappa shape index (κ3) is 2.18. The molecular weight excluding hydrogens is 344 g/mol. The van der Waals surface area contributed by atoms with Gasteiger partial charge in [-0.3, -0.25) is 5.10 Å². The number of aromatic amines is 2. The van der Waals surface area contributed by atoms with E-state index in [1.807, 2.05) is 64.5 Å². The molecule has 0 aliphatic rings. The van der Waals surface area contributed by atoms with E-state index in [0.717, 1.165) is 33.1 Å². The SMILES string of the molecule is c1cnc2[nH][n+](-c3ccc4c[n+](-[n+]5ccc6[nH]ncc6c5)oc4n3)cc2c1. The molecule has 0 aromatic carbocycles. The van der Waals surface area contributed by atoms with Gasteiger partial charge in [0.25, 0.3) is 11.0 Å². The summed E-state index contributed by atoms with van der Waals surface area (Å²) >= 11 is 0. The Labute approximate surface area is 151 Å². The summed E-state index contributed by atoms with van der Waals surface area (Å²) in [4.78, 5) is 10.6. The lowest BCUT2D eigenvalue weighted by molar-refractivity contribution is -1.36. The third-order valence-corrected chi connectivity index (χ3v) is 4.48. The summed E-state index contributed by atoms with van der Waals surface area (Å²) < 4.78 is 9.57. The number of nitrogens with zero attached hydrogens (tertiary/aromatic N) is 6. The Balaban J connectivity index is 1.46. The van der Waals surface area contributed by atoms with E-state index in [1.165, 1.54) is 0 Å². The van der Waals surface area contributed by atoms with Crippen LogP contribution in [0.25, 0.3) is 38.9 Å². The van der Waals surface area contributed by atoms with Crippen LogP contribution in [0.5, 0.6) is 0 Å². The predicted molar refractivity (Wildman–Crippen MR) is 92.5 cm³/mol.